The lowest BCUT2D eigenvalue weighted by Crippen LogP contribution is -2.32. The molecular weight excluding hydrogens is 198 g/mol. The molecule has 1 atom stereocenters. The van der Waals surface area contributed by atoms with Crippen molar-refractivity contribution < 1.29 is 9.72 Å². The summed E-state index contributed by atoms with van der Waals surface area (Å²) in [7, 11) is 0. The second-order valence-electron chi connectivity index (χ2n) is 3.04. The summed E-state index contributed by atoms with van der Waals surface area (Å²) in [6.45, 7) is 1.54. The highest BCUT2D eigenvalue weighted by molar-refractivity contribution is 5.83. The fourth-order valence-electron chi connectivity index (χ4n) is 1.06. The number of carbonyl (C=O) groups excluding carboxylic acids is 1. The molecule has 0 aliphatic rings. The standard InChI is InChI=1S/C9H11N3O3/c1-6(9(10)13)11-7-4-2-3-5-8(7)12(14)15/h2-6,11H,1H3,(H2,10,13)/t6-/m0/s1. The number of hydrogen-bond donors (Lipinski definition) is 2. The van der Waals surface area contributed by atoms with E-state index >= 15 is 0 Å². The summed E-state index contributed by atoms with van der Waals surface area (Å²) in [6.07, 6.45) is 0. The van der Waals surface area contributed by atoms with Gasteiger partial charge in [-0.05, 0) is 13.0 Å². The molecule has 6 heteroatoms. The van der Waals surface area contributed by atoms with Crippen molar-refractivity contribution in [2.75, 3.05) is 5.32 Å². The second kappa shape index (κ2) is 4.41. The Morgan fingerprint density at radius 2 is 2.13 bits per heavy atom. The number of primary amides is 1. The first-order chi connectivity index (χ1) is 7.02. The Labute approximate surface area is 86.2 Å². The summed E-state index contributed by atoms with van der Waals surface area (Å²) in [5.74, 6) is -0.562. The van der Waals surface area contributed by atoms with Crippen LogP contribution in [0.1, 0.15) is 6.92 Å². The molecule has 80 valence electrons. The number of benzene rings is 1. The first-order valence-corrected chi connectivity index (χ1v) is 4.31. The van der Waals surface area contributed by atoms with Gasteiger partial charge in [0.05, 0.1) is 4.92 Å². The van der Waals surface area contributed by atoms with Crippen molar-refractivity contribution >= 4 is 17.3 Å². The van der Waals surface area contributed by atoms with Crippen LogP contribution in [0.15, 0.2) is 24.3 Å². The van der Waals surface area contributed by atoms with Crippen LogP contribution in [0.4, 0.5) is 11.4 Å². The Morgan fingerprint density at radius 1 is 1.53 bits per heavy atom. The number of nitro benzene ring substituents is 1. The molecule has 0 unspecified atom stereocenters. The average molecular weight is 209 g/mol. The van der Waals surface area contributed by atoms with Crippen LogP contribution < -0.4 is 11.1 Å². The lowest BCUT2D eigenvalue weighted by Gasteiger charge is -2.11. The highest BCUT2D eigenvalue weighted by Crippen LogP contribution is 2.23. The van der Waals surface area contributed by atoms with Crippen molar-refractivity contribution in [2.24, 2.45) is 5.73 Å². The third-order valence-corrected chi connectivity index (χ3v) is 1.90. The molecule has 1 aromatic rings. The van der Waals surface area contributed by atoms with Gasteiger partial charge in [0.2, 0.25) is 5.91 Å². The molecule has 15 heavy (non-hydrogen) atoms. The number of nitrogens with two attached hydrogens (primary N) is 1. The van der Waals surface area contributed by atoms with Gasteiger partial charge in [0.15, 0.2) is 0 Å². The molecule has 0 heterocycles. The Balaban J connectivity index is 2.94. The molecule has 1 amide bonds. The van der Waals surface area contributed by atoms with Crippen LogP contribution in [-0.4, -0.2) is 16.9 Å². The monoisotopic (exact) mass is 209 g/mol. The van der Waals surface area contributed by atoms with Crippen molar-refractivity contribution in [3.8, 4) is 0 Å². The molecule has 6 nitrogen and oxygen atoms in total. The zero-order valence-corrected chi connectivity index (χ0v) is 8.14. The van der Waals surface area contributed by atoms with Crippen molar-refractivity contribution in [3.63, 3.8) is 0 Å². The van der Waals surface area contributed by atoms with Gasteiger partial charge >= 0.3 is 0 Å². The summed E-state index contributed by atoms with van der Waals surface area (Å²) in [5, 5.41) is 13.3. The molecule has 0 fully saturated rings. The van der Waals surface area contributed by atoms with Crippen LogP contribution in [-0.2, 0) is 4.79 Å². The van der Waals surface area contributed by atoms with Gasteiger partial charge in [0, 0.05) is 6.07 Å². The largest absolute Gasteiger partial charge is 0.368 e. The van der Waals surface area contributed by atoms with Crippen LogP contribution in [0, 0.1) is 10.1 Å². The maximum atomic E-state index is 10.8. The van der Waals surface area contributed by atoms with Crippen LogP contribution in [0.25, 0.3) is 0 Å². The van der Waals surface area contributed by atoms with Crippen molar-refractivity contribution in [3.05, 3.63) is 34.4 Å². The average Bonchev–Trinajstić information content (AvgIpc) is 2.18. The molecule has 0 spiro atoms. The van der Waals surface area contributed by atoms with E-state index in [0.29, 0.717) is 0 Å². The molecule has 0 bridgehead atoms. The molecule has 0 aliphatic heterocycles. The van der Waals surface area contributed by atoms with E-state index < -0.39 is 16.9 Å². The van der Waals surface area contributed by atoms with Crippen LogP contribution >= 0.6 is 0 Å². The van der Waals surface area contributed by atoms with Gasteiger partial charge in [-0.3, -0.25) is 14.9 Å². The number of nitro groups is 1. The number of nitrogens with zero attached hydrogens (tertiary/aromatic N) is 1. The quantitative estimate of drug-likeness (QED) is 0.568. The fourth-order valence-corrected chi connectivity index (χ4v) is 1.06. The summed E-state index contributed by atoms with van der Waals surface area (Å²) in [6, 6.07) is 5.43. The number of amides is 1. The molecule has 0 saturated heterocycles. The third kappa shape index (κ3) is 2.67. The summed E-state index contributed by atoms with van der Waals surface area (Å²) >= 11 is 0. The zero-order valence-electron chi connectivity index (χ0n) is 8.14. The number of carbonyl (C=O) groups is 1. The van der Waals surface area contributed by atoms with Gasteiger partial charge in [0.25, 0.3) is 5.69 Å². The maximum absolute atomic E-state index is 10.8. The Kier molecular flexibility index (Phi) is 3.22. The third-order valence-electron chi connectivity index (χ3n) is 1.90. The molecule has 0 aromatic heterocycles. The van der Waals surface area contributed by atoms with Crippen molar-refractivity contribution in [2.45, 2.75) is 13.0 Å². The minimum Gasteiger partial charge on any atom is -0.368 e. The first kappa shape index (κ1) is 11.0. The van der Waals surface area contributed by atoms with Gasteiger partial charge in [-0.25, -0.2) is 0 Å². The van der Waals surface area contributed by atoms with Crippen LogP contribution in [0.5, 0.6) is 0 Å². The molecule has 3 N–H and O–H groups in total. The number of hydrogen-bond acceptors (Lipinski definition) is 4. The number of nitrogens with one attached hydrogen (secondary N) is 1. The highest BCUT2D eigenvalue weighted by atomic mass is 16.6. The fraction of sp³-hybridized carbons (Fsp3) is 0.222. The SMILES string of the molecule is C[C@H](Nc1ccccc1[N+](=O)[O-])C(N)=O. The smallest absolute Gasteiger partial charge is 0.292 e. The molecule has 0 aliphatic carbocycles. The van der Waals surface area contributed by atoms with Gasteiger partial charge < -0.3 is 11.1 Å². The molecule has 1 rings (SSSR count). The lowest BCUT2D eigenvalue weighted by molar-refractivity contribution is -0.384. The minimum atomic E-state index is -0.647. The van der Waals surface area contributed by atoms with E-state index in [4.69, 9.17) is 5.73 Å². The minimum absolute atomic E-state index is 0.0781. The van der Waals surface area contributed by atoms with Crippen LogP contribution in [0.2, 0.25) is 0 Å². The van der Waals surface area contributed by atoms with E-state index in [1.807, 2.05) is 0 Å². The summed E-state index contributed by atoms with van der Waals surface area (Å²) in [4.78, 5) is 20.9. The first-order valence-electron chi connectivity index (χ1n) is 4.31. The number of anilines is 1. The predicted octanol–water partition coefficient (Wildman–Crippen LogP) is 0.880. The van der Waals surface area contributed by atoms with E-state index in [2.05, 4.69) is 5.32 Å². The molecular formula is C9H11N3O3. The van der Waals surface area contributed by atoms with Crippen LogP contribution in [0.3, 0.4) is 0 Å². The van der Waals surface area contributed by atoms with E-state index in [-0.39, 0.29) is 11.4 Å². The topological polar surface area (TPSA) is 98.3 Å². The summed E-state index contributed by atoms with van der Waals surface area (Å²) < 4.78 is 0. The molecule has 1 aromatic carbocycles. The van der Waals surface area contributed by atoms with Gasteiger partial charge in [-0.15, -0.1) is 0 Å². The predicted molar refractivity (Wildman–Crippen MR) is 55.4 cm³/mol. The van der Waals surface area contributed by atoms with Crippen molar-refractivity contribution in [1.29, 1.82) is 0 Å². The normalized spacial score (nSPS) is 11.8. The van der Waals surface area contributed by atoms with E-state index in [0.717, 1.165) is 0 Å². The maximum Gasteiger partial charge on any atom is 0.292 e. The molecule has 0 saturated carbocycles. The van der Waals surface area contributed by atoms with Crippen molar-refractivity contribution in [1.82, 2.24) is 0 Å². The second-order valence-corrected chi connectivity index (χ2v) is 3.04. The Bertz CT molecular complexity index is 392. The number of rotatable bonds is 4. The summed E-state index contributed by atoms with van der Waals surface area (Å²) in [5.41, 5.74) is 5.25. The Hall–Kier alpha value is -2.11. The van der Waals surface area contributed by atoms with Gasteiger partial charge in [-0.1, -0.05) is 12.1 Å². The van der Waals surface area contributed by atoms with E-state index in [9.17, 15) is 14.9 Å². The zero-order chi connectivity index (χ0) is 11.4. The van der Waals surface area contributed by atoms with E-state index in [1.165, 1.54) is 12.1 Å². The lowest BCUT2D eigenvalue weighted by atomic mass is 10.2. The highest BCUT2D eigenvalue weighted by Gasteiger charge is 2.16. The number of para-hydroxylation sites is 2. The van der Waals surface area contributed by atoms with Gasteiger partial charge in [-0.2, -0.15) is 0 Å². The molecule has 0 radical (unpaired) electrons. The van der Waals surface area contributed by atoms with Gasteiger partial charge in [0.1, 0.15) is 11.7 Å². The van der Waals surface area contributed by atoms with E-state index in [1.54, 1.807) is 19.1 Å². The Morgan fingerprint density at radius 3 is 2.67 bits per heavy atom.